The third-order valence-electron chi connectivity index (χ3n) is 5.61. The van der Waals surface area contributed by atoms with Gasteiger partial charge in [0.15, 0.2) is 0 Å². The summed E-state index contributed by atoms with van der Waals surface area (Å²) < 4.78 is 6.99. The number of carbonyl (C=O) groups excluding carboxylic acids is 1. The summed E-state index contributed by atoms with van der Waals surface area (Å²) in [4.78, 5) is 36.8. The van der Waals surface area contributed by atoms with Gasteiger partial charge < -0.3 is 14.3 Å². The van der Waals surface area contributed by atoms with Crippen molar-refractivity contribution < 1.29 is 9.21 Å². The number of aryl methyl sites for hydroxylation is 1. The van der Waals surface area contributed by atoms with E-state index in [1.807, 2.05) is 36.4 Å². The molecule has 9 heteroatoms. The zero-order valence-electron chi connectivity index (χ0n) is 17.1. The number of carbonyl (C=O) groups is 1. The maximum Gasteiger partial charge on any atom is 0.292 e. The highest BCUT2D eigenvalue weighted by molar-refractivity contribution is 7.18. The van der Waals surface area contributed by atoms with E-state index in [2.05, 4.69) is 19.9 Å². The molecular formula is C23H18N6O2S. The Morgan fingerprint density at radius 2 is 2.03 bits per heavy atom. The fraction of sp³-hybridized carbons (Fsp3) is 0.174. The molecule has 0 bridgehead atoms. The minimum atomic E-state index is -0.391. The van der Waals surface area contributed by atoms with E-state index in [0.717, 1.165) is 26.6 Å². The molecular weight excluding hydrogens is 424 g/mol. The molecule has 8 nitrogen and oxygen atoms in total. The zero-order chi connectivity index (χ0) is 21.7. The van der Waals surface area contributed by atoms with Gasteiger partial charge in [-0.25, -0.2) is 15.0 Å². The van der Waals surface area contributed by atoms with Crippen molar-refractivity contribution in [3.63, 3.8) is 0 Å². The molecule has 1 aliphatic heterocycles. The lowest BCUT2D eigenvalue weighted by molar-refractivity contribution is 0.0657. The van der Waals surface area contributed by atoms with Crippen LogP contribution < -0.4 is 0 Å². The van der Waals surface area contributed by atoms with Crippen LogP contribution in [0.4, 0.5) is 0 Å². The summed E-state index contributed by atoms with van der Waals surface area (Å²) in [6.07, 6.45) is 4.03. The van der Waals surface area contributed by atoms with Crippen LogP contribution in [0.25, 0.3) is 21.8 Å². The molecule has 5 aromatic rings. The third-order valence-corrected chi connectivity index (χ3v) is 6.69. The Morgan fingerprint density at radius 3 is 2.88 bits per heavy atom. The van der Waals surface area contributed by atoms with Crippen LogP contribution in [0.2, 0.25) is 0 Å². The van der Waals surface area contributed by atoms with Gasteiger partial charge in [0.2, 0.25) is 11.7 Å². The van der Waals surface area contributed by atoms with Gasteiger partial charge in [-0.05, 0) is 31.2 Å². The van der Waals surface area contributed by atoms with Gasteiger partial charge in [0, 0.05) is 24.9 Å². The molecule has 0 spiro atoms. The van der Waals surface area contributed by atoms with Crippen molar-refractivity contribution in [2.24, 2.45) is 0 Å². The lowest BCUT2D eigenvalue weighted by Gasteiger charge is -2.33. The van der Waals surface area contributed by atoms with E-state index in [9.17, 15) is 4.79 Å². The second kappa shape index (κ2) is 7.38. The molecule has 1 aromatic carbocycles. The highest BCUT2D eigenvalue weighted by Gasteiger charge is 2.38. The van der Waals surface area contributed by atoms with Crippen LogP contribution in [0.5, 0.6) is 0 Å². The van der Waals surface area contributed by atoms with Gasteiger partial charge in [-0.15, -0.1) is 11.3 Å². The monoisotopic (exact) mass is 442 g/mol. The normalized spacial score (nSPS) is 15.8. The molecule has 5 heterocycles. The molecule has 1 N–H and O–H groups in total. The second-order valence-electron chi connectivity index (χ2n) is 7.59. The number of aromatic amines is 1. The van der Waals surface area contributed by atoms with Gasteiger partial charge >= 0.3 is 0 Å². The molecule has 0 saturated carbocycles. The molecule has 0 saturated heterocycles. The number of thiazole rings is 1. The number of benzene rings is 1. The van der Waals surface area contributed by atoms with E-state index in [0.29, 0.717) is 30.2 Å². The Bertz CT molecular complexity index is 1400. The first kappa shape index (κ1) is 18.9. The van der Waals surface area contributed by atoms with E-state index >= 15 is 0 Å². The van der Waals surface area contributed by atoms with E-state index in [-0.39, 0.29) is 11.7 Å². The summed E-state index contributed by atoms with van der Waals surface area (Å²) in [5, 5.41) is 0.828. The number of nitrogens with one attached hydrogen (secondary N) is 1. The van der Waals surface area contributed by atoms with E-state index < -0.39 is 6.04 Å². The highest BCUT2D eigenvalue weighted by atomic mass is 32.1. The van der Waals surface area contributed by atoms with Crippen LogP contribution in [0.15, 0.2) is 59.4 Å². The first-order valence-electron chi connectivity index (χ1n) is 10.3. The summed E-state index contributed by atoms with van der Waals surface area (Å²) in [6.45, 7) is 2.30. The van der Waals surface area contributed by atoms with Gasteiger partial charge in [0.25, 0.3) is 5.91 Å². The molecule has 0 radical (unpaired) electrons. The maximum atomic E-state index is 13.7. The Labute approximate surface area is 187 Å². The lowest BCUT2D eigenvalue weighted by Crippen LogP contribution is -2.40. The Balaban J connectivity index is 1.43. The standard InChI is InChI=1S/C23H18N6O2S/c1-13-20(31-21(27-13)16-7-4-5-10-24-16)23(30)29-11-9-15-18(26-12-25-15)19(29)22-28-14-6-2-3-8-17(14)32-22/h2-8,10,12,19H,9,11H2,1H3,(H,25,26)/t19-/m0/s1. The topological polar surface area (TPSA) is 101 Å². The van der Waals surface area contributed by atoms with Crippen LogP contribution in [0, 0.1) is 6.92 Å². The van der Waals surface area contributed by atoms with Gasteiger partial charge in [0.05, 0.1) is 27.9 Å². The third kappa shape index (κ3) is 3.01. The fourth-order valence-electron chi connectivity index (χ4n) is 4.08. The zero-order valence-corrected chi connectivity index (χ0v) is 18.0. The average Bonchev–Trinajstić information content (AvgIpc) is 3.56. The van der Waals surface area contributed by atoms with Crippen molar-refractivity contribution in [2.45, 2.75) is 19.4 Å². The van der Waals surface area contributed by atoms with Crippen LogP contribution >= 0.6 is 11.3 Å². The van der Waals surface area contributed by atoms with Crippen LogP contribution in [-0.4, -0.2) is 42.3 Å². The van der Waals surface area contributed by atoms with Gasteiger partial charge in [-0.1, -0.05) is 18.2 Å². The highest BCUT2D eigenvalue weighted by Crippen LogP contribution is 2.38. The number of rotatable bonds is 3. The SMILES string of the molecule is Cc1nc(-c2ccccn2)oc1C(=O)N1CCc2[nH]cnc2[C@H]1c1nc2ccccc2s1. The number of H-pyrrole nitrogens is 1. The second-order valence-corrected chi connectivity index (χ2v) is 8.65. The number of nitrogens with zero attached hydrogens (tertiary/aromatic N) is 5. The molecule has 1 aliphatic rings. The molecule has 0 aliphatic carbocycles. The average molecular weight is 443 g/mol. The molecule has 4 aromatic heterocycles. The van der Waals surface area contributed by atoms with Crippen LogP contribution in [0.3, 0.4) is 0 Å². The van der Waals surface area contributed by atoms with Gasteiger partial charge in [-0.2, -0.15) is 0 Å². The molecule has 158 valence electrons. The largest absolute Gasteiger partial charge is 0.429 e. The first-order chi connectivity index (χ1) is 15.7. The van der Waals surface area contributed by atoms with Crippen molar-refractivity contribution in [2.75, 3.05) is 6.54 Å². The van der Waals surface area contributed by atoms with E-state index in [1.54, 1.807) is 41.8 Å². The first-order valence-corrected chi connectivity index (χ1v) is 11.1. The summed E-state index contributed by atoms with van der Waals surface area (Å²) in [5.74, 6) is 0.325. The van der Waals surface area contributed by atoms with E-state index in [1.165, 1.54) is 0 Å². The number of pyridine rings is 1. The molecule has 0 unspecified atom stereocenters. The predicted octanol–water partition coefficient (Wildman–Crippen LogP) is 4.17. The number of para-hydroxylation sites is 1. The Hall–Kier alpha value is -3.85. The quantitative estimate of drug-likeness (QED) is 0.450. The number of hydrogen-bond acceptors (Lipinski definition) is 7. The molecule has 1 amide bonds. The lowest BCUT2D eigenvalue weighted by atomic mass is 10.0. The minimum Gasteiger partial charge on any atom is -0.429 e. The number of amides is 1. The minimum absolute atomic E-state index is 0.218. The summed E-state index contributed by atoms with van der Waals surface area (Å²) in [7, 11) is 0. The number of imidazole rings is 1. The maximum absolute atomic E-state index is 13.7. The molecule has 32 heavy (non-hydrogen) atoms. The van der Waals surface area contributed by atoms with Crippen molar-refractivity contribution in [3.8, 4) is 11.6 Å². The number of aromatic nitrogens is 5. The van der Waals surface area contributed by atoms with Gasteiger partial charge in [0.1, 0.15) is 16.7 Å². The van der Waals surface area contributed by atoms with E-state index in [4.69, 9.17) is 9.40 Å². The van der Waals surface area contributed by atoms with Crippen molar-refractivity contribution >= 4 is 27.5 Å². The smallest absolute Gasteiger partial charge is 0.292 e. The number of fused-ring (bicyclic) bond motifs is 2. The Kier molecular flexibility index (Phi) is 4.36. The molecule has 6 rings (SSSR count). The fourth-order valence-corrected chi connectivity index (χ4v) is 5.16. The molecule has 1 atom stereocenters. The number of hydrogen-bond donors (Lipinski definition) is 1. The summed E-state index contributed by atoms with van der Waals surface area (Å²) in [5.41, 5.74) is 3.89. The van der Waals surface area contributed by atoms with Gasteiger partial charge in [-0.3, -0.25) is 9.78 Å². The number of oxazole rings is 1. The van der Waals surface area contributed by atoms with Crippen LogP contribution in [-0.2, 0) is 6.42 Å². The summed E-state index contributed by atoms with van der Waals surface area (Å²) in [6, 6.07) is 13.1. The summed E-state index contributed by atoms with van der Waals surface area (Å²) >= 11 is 1.58. The van der Waals surface area contributed by atoms with Crippen molar-refractivity contribution in [3.05, 3.63) is 82.8 Å². The Morgan fingerprint density at radius 1 is 1.16 bits per heavy atom. The van der Waals surface area contributed by atoms with Crippen molar-refractivity contribution in [1.29, 1.82) is 0 Å². The van der Waals surface area contributed by atoms with Crippen molar-refractivity contribution in [1.82, 2.24) is 29.8 Å². The van der Waals surface area contributed by atoms with Crippen LogP contribution in [0.1, 0.15) is 38.7 Å². The molecule has 0 fully saturated rings. The predicted molar refractivity (Wildman–Crippen MR) is 119 cm³/mol.